The van der Waals surface area contributed by atoms with Crippen LogP contribution >= 0.6 is 0 Å². The number of carbonyl (C=O) groups is 1. The first-order valence-corrected chi connectivity index (χ1v) is 7.36. The van der Waals surface area contributed by atoms with E-state index in [1.807, 2.05) is 44.2 Å². The van der Waals surface area contributed by atoms with E-state index < -0.39 is 0 Å². The first kappa shape index (κ1) is 16.5. The molecule has 2 aromatic rings. The van der Waals surface area contributed by atoms with Gasteiger partial charge in [0.25, 0.3) is 5.91 Å². The average molecular weight is 312 g/mol. The van der Waals surface area contributed by atoms with Gasteiger partial charge in [0.05, 0.1) is 25.0 Å². The molecule has 0 saturated heterocycles. The molecule has 0 radical (unpaired) electrons. The molecule has 120 valence electrons. The summed E-state index contributed by atoms with van der Waals surface area (Å²) >= 11 is 0. The van der Waals surface area contributed by atoms with Gasteiger partial charge < -0.3 is 9.47 Å². The summed E-state index contributed by atoms with van der Waals surface area (Å²) in [4.78, 5) is 12.3. The number of benzene rings is 2. The Labute approximate surface area is 135 Å². The van der Waals surface area contributed by atoms with Gasteiger partial charge in [0, 0.05) is 0 Å². The van der Waals surface area contributed by atoms with Crippen LogP contribution in [0.1, 0.15) is 29.8 Å². The van der Waals surface area contributed by atoms with Gasteiger partial charge in [-0.2, -0.15) is 5.10 Å². The standard InChI is InChI=1S/C18H20N2O3/c1-4-23-17-8-6-5-7-16(17)18(21)20-19-13(2)14-9-11-15(22-3)12-10-14/h5-12H,4H2,1-3H3,(H,20,21)/b19-13+. The molecule has 0 aliphatic rings. The van der Waals surface area contributed by atoms with Crippen LogP contribution in [0.5, 0.6) is 11.5 Å². The predicted molar refractivity (Wildman–Crippen MR) is 90.3 cm³/mol. The van der Waals surface area contributed by atoms with E-state index in [1.165, 1.54) is 0 Å². The van der Waals surface area contributed by atoms with Crippen LogP contribution in [0.4, 0.5) is 0 Å². The van der Waals surface area contributed by atoms with Crippen molar-refractivity contribution < 1.29 is 14.3 Å². The summed E-state index contributed by atoms with van der Waals surface area (Å²) in [5.41, 5.74) is 4.63. The average Bonchev–Trinajstić information content (AvgIpc) is 2.60. The van der Waals surface area contributed by atoms with Gasteiger partial charge in [0.2, 0.25) is 0 Å². The normalized spacial score (nSPS) is 11.0. The molecule has 0 atom stereocenters. The van der Waals surface area contributed by atoms with Crippen molar-refractivity contribution in [2.75, 3.05) is 13.7 Å². The highest BCUT2D eigenvalue weighted by atomic mass is 16.5. The molecule has 5 heteroatoms. The number of carbonyl (C=O) groups excluding carboxylic acids is 1. The number of nitrogens with one attached hydrogen (secondary N) is 1. The molecule has 0 unspecified atom stereocenters. The molecular weight excluding hydrogens is 292 g/mol. The molecular formula is C18H20N2O3. The SMILES string of the molecule is CCOc1ccccc1C(=O)N/N=C(\C)c1ccc(OC)cc1. The Kier molecular flexibility index (Phi) is 5.74. The van der Waals surface area contributed by atoms with Crippen molar-refractivity contribution in [3.8, 4) is 11.5 Å². The number of amides is 1. The van der Waals surface area contributed by atoms with Gasteiger partial charge in [-0.05, 0) is 55.8 Å². The van der Waals surface area contributed by atoms with Crippen LogP contribution in [0.2, 0.25) is 0 Å². The summed E-state index contributed by atoms with van der Waals surface area (Å²) in [6.07, 6.45) is 0. The summed E-state index contributed by atoms with van der Waals surface area (Å²) in [7, 11) is 1.62. The second kappa shape index (κ2) is 7.98. The van der Waals surface area contributed by atoms with Crippen LogP contribution in [0.15, 0.2) is 53.6 Å². The zero-order chi connectivity index (χ0) is 16.7. The number of methoxy groups -OCH3 is 1. The molecule has 0 spiro atoms. The van der Waals surface area contributed by atoms with Gasteiger partial charge in [-0.15, -0.1) is 0 Å². The quantitative estimate of drug-likeness (QED) is 0.658. The molecule has 1 N–H and O–H groups in total. The van der Waals surface area contributed by atoms with E-state index in [-0.39, 0.29) is 5.91 Å². The number of hydrazone groups is 1. The molecule has 0 heterocycles. The predicted octanol–water partition coefficient (Wildman–Crippen LogP) is 3.25. The third kappa shape index (κ3) is 4.32. The lowest BCUT2D eigenvalue weighted by Crippen LogP contribution is -2.20. The van der Waals surface area contributed by atoms with Crippen LogP contribution in [0.3, 0.4) is 0 Å². The van der Waals surface area contributed by atoms with E-state index in [0.717, 1.165) is 11.3 Å². The maximum absolute atomic E-state index is 12.3. The van der Waals surface area contributed by atoms with Crippen LogP contribution in [-0.4, -0.2) is 25.3 Å². The van der Waals surface area contributed by atoms with E-state index in [4.69, 9.17) is 9.47 Å². The van der Waals surface area contributed by atoms with E-state index >= 15 is 0 Å². The van der Waals surface area contributed by atoms with Crippen molar-refractivity contribution in [3.63, 3.8) is 0 Å². The summed E-state index contributed by atoms with van der Waals surface area (Å²) < 4.78 is 10.6. The number of rotatable bonds is 6. The van der Waals surface area contributed by atoms with Crippen molar-refractivity contribution in [2.24, 2.45) is 5.10 Å². The zero-order valence-electron chi connectivity index (χ0n) is 13.5. The molecule has 5 nitrogen and oxygen atoms in total. The first-order chi connectivity index (χ1) is 11.2. The minimum absolute atomic E-state index is 0.304. The Morgan fingerprint density at radius 1 is 1.13 bits per heavy atom. The van der Waals surface area contributed by atoms with E-state index in [1.54, 1.807) is 25.3 Å². The third-order valence-corrected chi connectivity index (χ3v) is 3.26. The zero-order valence-corrected chi connectivity index (χ0v) is 13.5. The molecule has 0 aliphatic carbocycles. The van der Waals surface area contributed by atoms with Gasteiger partial charge in [0.15, 0.2) is 0 Å². The van der Waals surface area contributed by atoms with Gasteiger partial charge in [0.1, 0.15) is 11.5 Å². The van der Waals surface area contributed by atoms with Crippen molar-refractivity contribution >= 4 is 11.6 Å². The van der Waals surface area contributed by atoms with Gasteiger partial charge >= 0.3 is 0 Å². The van der Waals surface area contributed by atoms with Crippen molar-refractivity contribution in [2.45, 2.75) is 13.8 Å². The molecule has 0 fully saturated rings. The van der Waals surface area contributed by atoms with Gasteiger partial charge in [-0.3, -0.25) is 4.79 Å². The van der Waals surface area contributed by atoms with Crippen LogP contribution in [-0.2, 0) is 0 Å². The lowest BCUT2D eigenvalue weighted by atomic mass is 10.1. The highest BCUT2D eigenvalue weighted by Gasteiger charge is 2.11. The smallest absolute Gasteiger partial charge is 0.275 e. The molecule has 0 aromatic heterocycles. The molecule has 2 aromatic carbocycles. The van der Waals surface area contributed by atoms with Gasteiger partial charge in [-0.25, -0.2) is 5.43 Å². The molecule has 0 bridgehead atoms. The number of hydrogen-bond acceptors (Lipinski definition) is 4. The maximum atomic E-state index is 12.3. The summed E-state index contributed by atoms with van der Waals surface area (Å²) in [6.45, 7) is 4.20. The lowest BCUT2D eigenvalue weighted by Gasteiger charge is -2.09. The van der Waals surface area contributed by atoms with Crippen molar-refractivity contribution in [1.82, 2.24) is 5.43 Å². The number of para-hydroxylation sites is 1. The van der Waals surface area contributed by atoms with Crippen molar-refractivity contribution in [3.05, 3.63) is 59.7 Å². The Morgan fingerprint density at radius 2 is 1.83 bits per heavy atom. The Balaban J connectivity index is 2.10. The summed E-state index contributed by atoms with van der Waals surface area (Å²) in [5, 5.41) is 4.15. The topological polar surface area (TPSA) is 59.9 Å². The third-order valence-electron chi connectivity index (χ3n) is 3.26. The van der Waals surface area contributed by atoms with E-state index in [9.17, 15) is 4.79 Å². The number of ether oxygens (including phenoxy) is 2. The minimum atomic E-state index is -0.304. The van der Waals surface area contributed by atoms with E-state index in [0.29, 0.717) is 23.6 Å². The fourth-order valence-electron chi connectivity index (χ4n) is 2.03. The minimum Gasteiger partial charge on any atom is -0.497 e. The number of nitrogens with zero attached hydrogens (tertiary/aromatic N) is 1. The Hall–Kier alpha value is -2.82. The van der Waals surface area contributed by atoms with Crippen LogP contribution in [0, 0.1) is 0 Å². The lowest BCUT2D eigenvalue weighted by molar-refractivity contribution is 0.0951. The Bertz CT molecular complexity index is 694. The molecule has 23 heavy (non-hydrogen) atoms. The molecule has 0 aliphatic heterocycles. The van der Waals surface area contributed by atoms with Gasteiger partial charge in [-0.1, -0.05) is 12.1 Å². The fraction of sp³-hybridized carbons (Fsp3) is 0.222. The fourth-order valence-corrected chi connectivity index (χ4v) is 2.03. The summed E-state index contributed by atoms with van der Waals surface area (Å²) in [6, 6.07) is 14.6. The molecule has 0 saturated carbocycles. The molecule has 2 rings (SSSR count). The summed E-state index contributed by atoms with van der Waals surface area (Å²) in [5.74, 6) is 1.02. The second-order valence-corrected chi connectivity index (χ2v) is 4.80. The van der Waals surface area contributed by atoms with Crippen molar-refractivity contribution in [1.29, 1.82) is 0 Å². The highest BCUT2D eigenvalue weighted by Crippen LogP contribution is 2.17. The second-order valence-electron chi connectivity index (χ2n) is 4.80. The monoisotopic (exact) mass is 312 g/mol. The molecule has 1 amide bonds. The maximum Gasteiger partial charge on any atom is 0.275 e. The van der Waals surface area contributed by atoms with Crippen LogP contribution < -0.4 is 14.9 Å². The Morgan fingerprint density at radius 3 is 2.48 bits per heavy atom. The van der Waals surface area contributed by atoms with E-state index in [2.05, 4.69) is 10.5 Å². The highest BCUT2D eigenvalue weighted by molar-refractivity contribution is 6.01. The number of hydrogen-bond donors (Lipinski definition) is 1. The largest absolute Gasteiger partial charge is 0.497 e. The van der Waals surface area contributed by atoms with Crippen LogP contribution in [0.25, 0.3) is 0 Å². The first-order valence-electron chi connectivity index (χ1n) is 7.36.